The molecule has 0 saturated heterocycles. The van der Waals surface area contributed by atoms with Crippen LogP contribution < -0.4 is 17.0 Å². The molecule has 5 heteroatoms. The average molecular weight is 327 g/mol. The molecule has 0 radical (unpaired) electrons. The summed E-state index contributed by atoms with van der Waals surface area (Å²) in [6, 6.07) is 20.8. The second-order valence-electron chi connectivity index (χ2n) is 5.05. The molecule has 0 aliphatic carbocycles. The van der Waals surface area contributed by atoms with Gasteiger partial charge in [0.05, 0.1) is 4.92 Å². The highest BCUT2D eigenvalue weighted by Crippen LogP contribution is 2.21. The first-order valence-corrected chi connectivity index (χ1v) is 7.00. The molecule has 0 bridgehead atoms. The summed E-state index contributed by atoms with van der Waals surface area (Å²) < 4.78 is 2.10. The van der Waals surface area contributed by atoms with Gasteiger partial charge in [0.25, 0.3) is 5.69 Å². The summed E-state index contributed by atoms with van der Waals surface area (Å²) in [7, 11) is 0. The molecule has 4 nitrogen and oxygen atoms in total. The molecule has 0 unspecified atom stereocenters. The molecule has 1 aromatic heterocycles. The summed E-state index contributed by atoms with van der Waals surface area (Å²) in [4.78, 5) is 10.3. The summed E-state index contributed by atoms with van der Waals surface area (Å²) in [5.41, 5.74) is 3.34. The van der Waals surface area contributed by atoms with Crippen molar-refractivity contribution in [3.63, 3.8) is 0 Å². The molecule has 0 atom stereocenters. The quantitative estimate of drug-likeness (QED) is 0.400. The lowest BCUT2D eigenvalue weighted by Crippen LogP contribution is -3.00. The van der Waals surface area contributed by atoms with E-state index in [2.05, 4.69) is 16.7 Å². The zero-order valence-corrected chi connectivity index (χ0v) is 13.1. The van der Waals surface area contributed by atoms with Crippen molar-refractivity contribution in [1.82, 2.24) is 0 Å². The number of hydrogen-bond donors (Lipinski definition) is 0. The van der Waals surface area contributed by atoms with E-state index in [0.29, 0.717) is 0 Å². The standard InChI is InChI=1S/C18H15N2O2.ClH/c21-20(22)18-10-8-16(9-11-18)17-7-4-12-19(14-17)13-15-5-2-1-3-6-15;/h1-12,14H,13H2;1H/q+1;/p-1. The fraction of sp³-hybridized carbons (Fsp3) is 0.0556. The van der Waals surface area contributed by atoms with Crippen LogP contribution in [0.3, 0.4) is 0 Å². The van der Waals surface area contributed by atoms with Gasteiger partial charge in [-0.3, -0.25) is 10.1 Å². The molecule has 1 heterocycles. The summed E-state index contributed by atoms with van der Waals surface area (Å²) in [6.07, 6.45) is 4.07. The summed E-state index contributed by atoms with van der Waals surface area (Å²) >= 11 is 0. The Morgan fingerprint density at radius 1 is 0.870 bits per heavy atom. The van der Waals surface area contributed by atoms with Crippen molar-refractivity contribution in [2.45, 2.75) is 6.54 Å². The van der Waals surface area contributed by atoms with E-state index >= 15 is 0 Å². The molecule has 0 aliphatic heterocycles. The Labute approximate surface area is 140 Å². The zero-order chi connectivity index (χ0) is 15.4. The van der Waals surface area contributed by atoms with Crippen LogP contribution in [0.2, 0.25) is 0 Å². The molecule has 3 rings (SSSR count). The number of nitrogens with zero attached hydrogens (tertiary/aromatic N) is 2. The third-order valence-corrected chi connectivity index (χ3v) is 3.48. The van der Waals surface area contributed by atoms with Gasteiger partial charge < -0.3 is 12.4 Å². The Kier molecular flexibility index (Phi) is 5.44. The molecule has 0 fully saturated rings. The Bertz CT molecular complexity index is 790. The average Bonchev–Trinajstić information content (AvgIpc) is 2.56. The second kappa shape index (κ2) is 7.51. The largest absolute Gasteiger partial charge is 1.00 e. The molecule has 0 saturated carbocycles. The van der Waals surface area contributed by atoms with Gasteiger partial charge in [-0.1, -0.05) is 30.3 Å². The topological polar surface area (TPSA) is 47.0 Å². The molecule has 0 N–H and O–H groups in total. The third kappa shape index (κ3) is 4.14. The SMILES string of the molecule is O=[N+]([O-])c1ccc(-c2ccc[n+](Cc3ccccc3)c2)cc1.[Cl-]. The van der Waals surface area contributed by atoms with E-state index < -0.39 is 0 Å². The Balaban J connectivity index is 0.00000192. The van der Waals surface area contributed by atoms with Gasteiger partial charge in [0, 0.05) is 29.3 Å². The van der Waals surface area contributed by atoms with Gasteiger partial charge in [-0.25, -0.2) is 4.57 Å². The Morgan fingerprint density at radius 2 is 1.57 bits per heavy atom. The maximum Gasteiger partial charge on any atom is 0.269 e. The Hall–Kier alpha value is -2.72. The first-order valence-electron chi connectivity index (χ1n) is 7.00. The number of hydrogen-bond acceptors (Lipinski definition) is 2. The van der Waals surface area contributed by atoms with Gasteiger partial charge >= 0.3 is 0 Å². The van der Waals surface area contributed by atoms with Gasteiger partial charge in [-0.2, -0.15) is 0 Å². The highest BCUT2D eigenvalue weighted by Gasteiger charge is 2.08. The van der Waals surface area contributed by atoms with Crippen molar-refractivity contribution < 1.29 is 21.9 Å². The number of non-ortho nitro benzene ring substituents is 1. The highest BCUT2D eigenvalue weighted by molar-refractivity contribution is 5.63. The van der Waals surface area contributed by atoms with Crippen LogP contribution in [0.15, 0.2) is 79.1 Å². The second-order valence-corrected chi connectivity index (χ2v) is 5.05. The van der Waals surface area contributed by atoms with Crippen LogP contribution in [0.5, 0.6) is 0 Å². The fourth-order valence-corrected chi connectivity index (χ4v) is 2.36. The van der Waals surface area contributed by atoms with Gasteiger partial charge in [0.1, 0.15) is 0 Å². The lowest BCUT2D eigenvalue weighted by Gasteiger charge is -2.02. The van der Waals surface area contributed by atoms with Crippen molar-refractivity contribution >= 4 is 5.69 Å². The van der Waals surface area contributed by atoms with E-state index in [1.165, 1.54) is 17.7 Å². The van der Waals surface area contributed by atoms with Crippen LogP contribution in [0, 0.1) is 10.1 Å². The monoisotopic (exact) mass is 326 g/mol. The maximum absolute atomic E-state index is 10.7. The van der Waals surface area contributed by atoms with Crippen LogP contribution in [0.4, 0.5) is 5.69 Å². The van der Waals surface area contributed by atoms with E-state index in [-0.39, 0.29) is 23.0 Å². The van der Waals surface area contributed by atoms with Crippen LogP contribution >= 0.6 is 0 Å². The molecular weight excluding hydrogens is 312 g/mol. The van der Waals surface area contributed by atoms with Gasteiger partial charge in [-0.05, 0) is 23.8 Å². The predicted octanol–water partition coefficient (Wildman–Crippen LogP) is 0.602. The molecule has 23 heavy (non-hydrogen) atoms. The van der Waals surface area contributed by atoms with Crippen LogP contribution in [-0.4, -0.2) is 4.92 Å². The van der Waals surface area contributed by atoms with Crippen LogP contribution in [0.25, 0.3) is 11.1 Å². The third-order valence-electron chi connectivity index (χ3n) is 3.48. The number of nitro benzene ring substituents is 1. The Morgan fingerprint density at radius 3 is 2.22 bits per heavy atom. The van der Waals surface area contributed by atoms with Crippen molar-refractivity contribution in [3.05, 3.63) is 94.8 Å². The molecule has 116 valence electrons. The summed E-state index contributed by atoms with van der Waals surface area (Å²) in [5, 5.41) is 10.7. The smallest absolute Gasteiger partial charge is 0.269 e. The van der Waals surface area contributed by atoms with Crippen LogP contribution in [-0.2, 0) is 6.54 Å². The number of halogens is 1. The maximum atomic E-state index is 10.7. The van der Waals surface area contributed by atoms with Crippen molar-refractivity contribution in [1.29, 1.82) is 0 Å². The fourth-order valence-electron chi connectivity index (χ4n) is 2.36. The van der Waals surface area contributed by atoms with E-state index in [1.807, 2.05) is 42.7 Å². The number of pyridine rings is 1. The number of rotatable bonds is 4. The van der Waals surface area contributed by atoms with Gasteiger partial charge in [0.15, 0.2) is 18.9 Å². The number of benzene rings is 2. The van der Waals surface area contributed by atoms with E-state index in [9.17, 15) is 10.1 Å². The molecular formula is C18H15ClN2O2. The normalized spacial score (nSPS) is 9.91. The number of aromatic nitrogens is 1. The van der Waals surface area contributed by atoms with Gasteiger partial charge in [-0.15, -0.1) is 0 Å². The zero-order valence-electron chi connectivity index (χ0n) is 12.3. The lowest BCUT2D eigenvalue weighted by molar-refractivity contribution is -0.687. The summed E-state index contributed by atoms with van der Waals surface area (Å²) in [6.45, 7) is 0.793. The van der Waals surface area contributed by atoms with Gasteiger partial charge in [0.2, 0.25) is 0 Å². The first-order chi connectivity index (χ1) is 10.7. The first kappa shape index (κ1) is 16.6. The lowest BCUT2D eigenvalue weighted by atomic mass is 10.1. The van der Waals surface area contributed by atoms with E-state index in [0.717, 1.165) is 17.7 Å². The molecule has 3 aromatic rings. The minimum Gasteiger partial charge on any atom is -1.00 e. The van der Waals surface area contributed by atoms with Crippen molar-refractivity contribution in [2.75, 3.05) is 0 Å². The minimum absolute atomic E-state index is 0. The number of nitro groups is 1. The van der Waals surface area contributed by atoms with E-state index in [4.69, 9.17) is 0 Å². The molecule has 0 aliphatic rings. The van der Waals surface area contributed by atoms with Crippen LogP contribution in [0.1, 0.15) is 5.56 Å². The molecule has 0 amide bonds. The van der Waals surface area contributed by atoms with E-state index in [1.54, 1.807) is 12.1 Å². The molecule has 2 aromatic carbocycles. The highest BCUT2D eigenvalue weighted by atomic mass is 35.5. The molecule has 0 spiro atoms. The summed E-state index contributed by atoms with van der Waals surface area (Å²) in [5.74, 6) is 0. The minimum atomic E-state index is -0.385. The van der Waals surface area contributed by atoms with Crippen molar-refractivity contribution in [2.24, 2.45) is 0 Å². The van der Waals surface area contributed by atoms with Crippen molar-refractivity contribution in [3.8, 4) is 11.1 Å². The predicted molar refractivity (Wildman–Crippen MR) is 84.3 cm³/mol.